The normalized spacial score (nSPS) is 9.68. The second-order valence-corrected chi connectivity index (χ2v) is 5.45. The van der Waals surface area contributed by atoms with Crippen molar-refractivity contribution in [3.63, 3.8) is 0 Å². The van der Waals surface area contributed by atoms with E-state index in [0.29, 0.717) is 21.4 Å². The number of nitrogens with zero attached hydrogens (tertiary/aromatic N) is 1. The SMILES string of the molecule is C=CNN.CN(N)c1c(F)ccc(Cl)c1SCc1ccco1. The maximum absolute atomic E-state index is 13.7. The Morgan fingerprint density at radius 2 is 2.18 bits per heavy atom. The summed E-state index contributed by atoms with van der Waals surface area (Å²) in [5.74, 6) is 11.3. The molecule has 0 atom stereocenters. The predicted octanol–water partition coefficient (Wildman–Crippen LogP) is 3.27. The lowest BCUT2D eigenvalue weighted by Gasteiger charge is -2.18. The molecule has 8 heteroatoms. The van der Waals surface area contributed by atoms with Gasteiger partial charge < -0.3 is 14.9 Å². The fraction of sp³-hybridized carbons (Fsp3) is 0.143. The van der Waals surface area contributed by atoms with Crippen LogP contribution >= 0.6 is 23.4 Å². The van der Waals surface area contributed by atoms with Crippen LogP contribution in [0, 0.1) is 5.82 Å². The monoisotopic (exact) mass is 344 g/mol. The van der Waals surface area contributed by atoms with Gasteiger partial charge >= 0.3 is 0 Å². The van der Waals surface area contributed by atoms with E-state index in [-0.39, 0.29) is 0 Å². The number of hydrogen-bond acceptors (Lipinski definition) is 6. The Bertz CT molecular complexity index is 593. The summed E-state index contributed by atoms with van der Waals surface area (Å²) in [6, 6.07) is 6.48. The molecular formula is C14H18ClFN4OS. The number of hydrogen-bond donors (Lipinski definition) is 3. The Morgan fingerprint density at radius 1 is 1.50 bits per heavy atom. The molecule has 0 bridgehead atoms. The number of halogens is 2. The molecule has 0 aliphatic carbocycles. The van der Waals surface area contributed by atoms with Crippen molar-refractivity contribution in [2.45, 2.75) is 10.6 Å². The molecule has 0 amide bonds. The fourth-order valence-electron chi connectivity index (χ4n) is 1.53. The molecule has 1 aromatic carbocycles. The minimum Gasteiger partial charge on any atom is -0.468 e. The molecule has 1 aromatic heterocycles. The largest absolute Gasteiger partial charge is 0.468 e. The van der Waals surface area contributed by atoms with Gasteiger partial charge in [0.05, 0.1) is 21.9 Å². The van der Waals surface area contributed by atoms with Gasteiger partial charge in [-0.1, -0.05) is 18.2 Å². The molecule has 0 radical (unpaired) electrons. The van der Waals surface area contributed by atoms with Gasteiger partial charge in [-0.3, -0.25) is 5.84 Å². The van der Waals surface area contributed by atoms with E-state index in [4.69, 9.17) is 21.9 Å². The van der Waals surface area contributed by atoms with Crippen LogP contribution in [0.4, 0.5) is 10.1 Å². The van der Waals surface area contributed by atoms with Gasteiger partial charge in [-0.25, -0.2) is 10.2 Å². The van der Waals surface area contributed by atoms with Gasteiger partial charge in [-0.15, -0.1) is 11.8 Å². The highest BCUT2D eigenvalue weighted by Crippen LogP contribution is 2.38. The highest BCUT2D eigenvalue weighted by atomic mass is 35.5. The van der Waals surface area contributed by atoms with Crippen LogP contribution in [-0.2, 0) is 5.75 Å². The maximum atomic E-state index is 13.7. The average Bonchev–Trinajstić information content (AvgIpc) is 3.01. The number of anilines is 1. The zero-order valence-electron chi connectivity index (χ0n) is 12.1. The molecule has 120 valence electrons. The highest BCUT2D eigenvalue weighted by molar-refractivity contribution is 7.98. The van der Waals surface area contributed by atoms with E-state index in [9.17, 15) is 4.39 Å². The van der Waals surface area contributed by atoms with Crippen LogP contribution in [0.5, 0.6) is 0 Å². The summed E-state index contributed by atoms with van der Waals surface area (Å²) in [7, 11) is 1.58. The first-order valence-corrected chi connectivity index (χ1v) is 7.56. The number of benzene rings is 1. The number of hydrazine groups is 2. The Morgan fingerprint density at radius 3 is 2.68 bits per heavy atom. The van der Waals surface area contributed by atoms with Crippen LogP contribution in [0.15, 0.2) is 52.6 Å². The highest BCUT2D eigenvalue weighted by Gasteiger charge is 2.16. The van der Waals surface area contributed by atoms with Crippen LogP contribution < -0.4 is 22.1 Å². The molecule has 0 saturated carbocycles. The summed E-state index contributed by atoms with van der Waals surface area (Å²) in [5, 5.41) is 1.70. The van der Waals surface area contributed by atoms with E-state index in [1.165, 1.54) is 35.1 Å². The molecule has 22 heavy (non-hydrogen) atoms. The lowest BCUT2D eigenvalue weighted by atomic mass is 10.3. The van der Waals surface area contributed by atoms with Gasteiger partial charge in [0, 0.05) is 13.2 Å². The van der Waals surface area contributed by atoms with Gasteiger partial charge in [-0.2, -0.15) is 0 Å². The van der Waals surface area contributed by atoms with E-state index in [0.717, 1.165) is 5.76 Å². The maximum Gasteiger partial charge on any atom is 0.149 e. The number of nitrogens with two attached hydrogens (primary N) is 2. The zero-order valence-corrected chi connectivity index (χ0v) is 13.6. The summed E-state index contributed by atoms with van der Waals surface area (Å²) in [5.41, 5.74) is 2.49. The van der Waals surface area contributed by atoms with Crippen molar-refractivity contribution < 1.29 is 8.81 Å². The third-order valence-corrected chi connectivity index (χ3v) is 4.00. The Kier molecular flexibility index (Phi) is 7.83. The van der Waals surface area contributed by atoms with Crippen molar-refractivity contribution >= 4 is 29.1 Å². The standard InChI is InChI=1S/C12H12ClFN2OS.C2H6N2/c1-16(15)11-10(14)5-4-9(13)12(11)18-7-8-3-2-6-17-8;1-2-4-3/h2-6H,7,15H2,1H3;2,4H,1,3H2. The van der Waals surface area contributed by atoms with E-state index in [1.807, 2.05) is 6.07 Å². The molecule has 0 aliphatic rings. The van der Waals surface area contributed by atoms with Gasteiger partial charge in [0.25, 0.3) is 0 Å². The smallest absolute Gasteiger partial charge is 0.149 e. The Hall–Kier alpha value is -1.67. The third kappa shape index (κ3) is 5.27. The first-order chi connectivity index (χ1) is 10.5. The Labute approximate surface area is 138 Å². The summed E-state index contributed by atoms with van der Waals surface area (Å²) < 4.78 is 19.0. The molecule has 0 unspecified atom stereocenters. The molecule has 0 saturated heterocycles. The molecule has 5 N–H and O–H groups in total. The molecule has 2 rings (SSSR count). The minimum absolute atomic E-state index is 0.291. The van der Waals surface area contributed by atoms with E-state index < -0.39 is 5.82 Å². The van der Waals surface area contributed by atoms with Gasteiger partial charge in [0.15, 0.2) is 0 Å². The van der Waals surface area contributed by atoms with Crippen molar-refractivity contribution in [1.82, 2.24) is 5.43 Å². The van der Waals surface area contributed by atoms with E-state index >= 15 is 0 Å². The van der Waals surface area contributed by atoms with Crippen LogP contribution in [0.25, 0.3) is 0 Å². The zero-order chi connectivity index (χ0) is 16.5. The van der Waals surface area contributed by atoms with Crippen molar-refractivity contribution in [2.24, 2.45) is 11.7 Å². The molecule has 0 aliphatic heterocycles. The van der Waals surface area contributed by atoms with E-state index in [2.05, 4.69) is 17.8 Å². The van der Waals surface area contributed by atoms with Crippen LogP contribution in [0.3, 0.4) is 0 Å². The average molecular weight is 345 g/mol. The van der Waals surface area contributed by atoms with Gasteiger partial charge in [0.1, 0.15) is 17.3 Å². The lowest BCUT2D eigenvalue weighted by molar-refractivity contribution is 0.530. The summed E-state index contributed by atoms with van der Waals surface area (Å²) in [6.45, 7) is 3.24. The molecule has 2 aromatic rings. The van der Waals surface area contributed by atoms with Crippen molar-refractivity contribution in [3.8, 4) is 0 Å². The molecule has 1 heterocycles. The molecular weight excluding hydrogens is 327 g/mol. The van der Waals surface area contributed by atoms with Crippen LogP contribution in [0.1, 0.15) is 5.76 Å². The van der Waals surface area contributed by atoms with Crippen molar-refractivity contribution in [2.75, 3.05) is 12.1 Å². The van der Waals surface area contributed by atoms with E-state index in [1.54, 1.807) is 19.4 Å². The van der Waals surface area contributed by atoms with Crippen LogP contribution in [-0.4, -0.2) is 7.05 Å². The second kappa shape index (κ2) is 9.37. The van der Waals surface area contributed by atoms with Gasteiger partial charge in [-0.05, 0) is 24.3 Å². The summed E-state index contributed by atoms with van der Waals surface area (Å²) in [4.78, 5) is 0.609. The second-order valence-electron chi connectivity index (χ2n) is 4.06. The first-order valence-electron chi connectivity index (χ1n) is 6.19. The number of nitrogens with one attached hydrogen (secondary N) is 1. The lowest BCUT2D eigenvalue weighted by Crippen LogP contribution is -2.26. The predicted molar refractivity (Wildman–Crippen MR) is 89.8 cm³/mol. The van der Waals surface area contributed by atoms with Crippen LogP contribution in [0.2, 0.25) is 5.02 Å². The molecule has 0 spiro atoms. The number of rotatable bonds is 5. The minimum atomic E-state index is -0.397. The summed E-state index contributed by atoms with van der Waals surface area (Å²) >= 11 is 7.47. The van der Waals surface area contributed by atoms with Crippen molar-refractivity contribution in [3.05, 3.63) is 59.9 Å². The molecule has 5 nitrogen and oxygen atoms in total. The summed E-state index contributed by atoms with van der Waals surface area (Å²) in [6.07, 6.45) is 3.00. The molecule has 0 fully saturated rings. The fourth-order valence-corrected chi connectivity index (χ4v) is 2.88. The van der Waals surface area contributed by atoms with Gasteiger partial charge in [0.2, 0.25) is 0 Å². The number of thioether (sulfide) groups is 1. The quantitative estimate of drug-likeness (QED) is 0.439. The van der Waals surface area contributed by atoms with Crippen molar-refractivity contribution in [1.29, 1.82) is 0 Å². The topological polar surface area (TPSA) is 80.5 Å². The first kappa shape index (κ1) is 18.4. The third-order valence-electron chi connectivity index (χ3n) is 2.44. The number of furan rings is 1. The Balaban J connectivity index is 0.000000541.